The second-order valence-corrected chi connectivity index (χ2v) is 4.13. The van der Waals surface area contributed by atoms with E-state index in [9.17, 15) is 15.2 Å². The Balaban J connectivity index is 2.23. The lowest BCUT2D eigenvalue weighted by Crippen LogP contribution is -1.98. The fraction of sp³-hybridized carbons (Fsp3) is 0. The van der Waals surface area contributed by atoms with Crippen LogP contribution in [0.1, 0.15) is 0 Å². The smallest absolute Gasteiger partial charge is 0.269 e. The van der Waals surface area contributed by atoms with E-state index < -0.39 is 4.92 Å². The molecule has 0 saturated carbocycles. The lowest BCUT2D eigenvalue weighted by molar-refractivity contribution is -0.384. The summed E-state index contributed by atoms with van der Waals surface area (Å²) in [4.78, 5) is 14.0. The second-order valence-electron chi connectivity index (χ2n) is 4.13. The normalized spacial score (nSPS) is 10.8. The molecule has 0 spiro atoms. The van der Waals surface area contributed by atoms with Crippen LogP contribution in [-0.2, 0) is 0 Å². The third kappa shape index (κ3) is 1.70. The fourth-order valence-electron chi connectivity index (χ4n) is 2.06. The molecular weight excluding hydrogens is 262 g/mol. The molecule has 2 heterocycles. The molecule has 3 aromatic rings. The number of nitrogen functional groups attached to an aromatic ring is 1. The number of nitro benzene ring substituents is 1. The van der Waals surface area contributed by atoms with Crippen molar-refractivity contribution >= 4 is 17.0 Å². The van der Waals surface area contributed by atoms with E-state index in [-0.39, 0.29) is 17.3 Å². The minimum atomic E-state index is -0.487. The van der Waals surface area contributed by atoms with Crippen LogP contribution in [0.5, 0.6) is 5.75 Å². The first-order chi connectivity index (χ1) is 9.58. The van der Waals surface area contributed by atoms with E-state index in [1.165, 1.54) is 29.2 Å². The Bertz CT molecular complexity index is 810. The molecule has 8 nitrogen and oxygen atoms in total. The number of rotatable bonds is 2. The van der Waals surface area contributed by atoms with Crippen LogP contribution in [-0.4, -0.2) is 24.6 Å². The van der Waals surface area contributed by atoms with Crippen LogP contribution in [0, 0.1) is 10.1 Å². The van der Waals surface area contributed by atoms with E-state index in [1.54, 1.807) is 12.1 Å². The number of hydrogen-bond donors (Lipinski definition) is 2. The summed E-state index contributed by atoms with van der Waals surface area (Å²) in [5, 5.41) is 24.6. The number of fused-ring (bicyclic) bond motifs is 1. The first-order valence-electron chi connectivity index (χ1n) is 5.63. The van der Waals surface area contributed by atoms with Crippen molar-refractivity contribution < 1.29 is 10.0 Å². The predicted molar refractivity (Wildman–Crippen MR) is 71.2 cm³/mol. The number of anilines is 1. The Morgan fingerprint density at radius 3 is 2.65 bits per heavy atom. The third-order valence-corrected chi connectivity index (χ3v) is 2.95. The highest BCUT2D eigenvalue weighted by Gasteiger charge is 2.16. The number of hydrogen-bond acceptors (Lipinski definition) is 6. The van der Waals surface area contributed by atoms with Gasteiger partial charge in [-0.15, -0.1) is 0 Å². The van der Waals surface area contributed by atoms with Crippen LogP contribution in [0.25, 0.3) is 16.6 Å². The van der Waals surface area contributed by atoms with Gasteiger partial charge in [-0.25, -0.2) is 9.50 Å². The minimum absolute atomic E-state index is 0.0222. The number of nitrogens with two attached hydrogens (primary N) is 1. The monoisotopic (exact) mass is 271 g/mol. The van der Waals surface area contributed by atoms with Crippen molar-refractivity contribution in [3.63, 3.8) is 0 Å². The van der Waals surface area contributed by atoms with E-state index in [1.807, 2.05) is 0 Å². The molecule has 1 aromatic carbocycles. The molecule has 0 radical (unpaired) electrons. The first-order valence-corrected chi connectivity index (χ1v) is 5.63. The van der Waals surface area contributed by atoms with Gasteiger partial charge in [0.25, 0.3) is 5.69 Å². The average molecular weight is 271 g/mol. The molecule has 0 amide bonds. The molecule has 8 heteroatoms. The van der Waals surface area contributed by atoms with E-state index >= 15 is 0 Å². The van der Waals surface area contributed by atoms with Gasteiger partial charge in [-0.05, 0) is 17.7 Å². The van der Waals surface area contributed by atoms with Crippen LogP contribution in [0.15, 0.2) is 36.8 Å². The topological polar surface area (TPSA) is 120 Å². The largest absolute Gasteiger partial charge is 0.506 e. The van der Waals surface area contributed by atoms with Gasteiger partial charge >= 0.3 is 0 Å². The van der Waals surface area contributed by atoms with Crippen molar-refractivity contribution in [2.24, 2.45) is 0 Å². The molecule has 0 aliphatic heterocycles. The second kappa shape index (κ2) is 4.19. The molecule has 100 valence electrons. The van der Waals surface area contributed by atoms with Gasteiger partial charge in [-0.1, -0.05) is 0 Å². The molecule has 0 atom stereocenters. The molecule has 3 N–H and O–H groups in total. The van der Waals surface area contributed by atoms with Crippen molar-refractivity contribution in [2.45, 2.75) is 0 Å². The Labute approximate surface area is 112 Å². The van der Waals surface area contributed by atoms with E-state index in [0.717, 1.165) is 0 Å². The third-order valence-electron chi connectivity index (χ3n) is 2.95. The molecule has 0 saturated heterocycles. The summed E-state index contributed by atoms with van der Waals surface area (Å²) in [6.07, 6.45) is 2.69. The van der Waals surface area contributed by atoms with Crippen LogP contribution in [0.2, 0.25) is 0 Å². The zero-order valence-electron chi connectivity index (χ0n) is 10.1. The summed E-state index contributed by atoms with van der Waals surface area (Å²) in [6.45, 7) is 0. The van der Waals surface area contributed by atoms with Gasteiger partial charge < -0.3 is 10.8 Å². The highest BCUT2D eigenvalue weighted by atomic mass is 16.6. The quantitative estimate of drug-likeness (QED) is 0.539. The van der Waals surface area contributed by atoms with Crippen molar-refractivity contribution in [1.29, 1.82) is 0 Å². The van der Waals surface area contributed by atoms with E-state index in [2.05, 4.69) is 10.1 Å². The van der Waals surface area contributed by atoms with Gasteiger partial charge in [0.05, 0.1) is 16.7 Å². The maximum Gasteiger partial charge on any atom is 0.269 e. The summed E-state index contributed by atoms with van der Waals surface area (Å²) < 4.78 is 1.41. The number of aromatic nitrogens is 3. The summed E-state index contributed by atoms with van der Waals surface area (Å²) in [5.41, 5.74) is 7.26. The molecule has 0 bridgehead atoms. The highest BCUT2D eigenvalue weighted by molar-refractivity contribution is 5.91. The Morgan fingerprint density at radius 1 is 1.30 bits per heavy atom. The number of benzene rings is 1. The molecule has 0 fully saturated rings. The van der Waals surface area contributed by atoms with E-state index in [0.29, 0.717) is 16.6 Å². The zero-order valence-corrected chi connectivity index (χ0v) is 10.1. The van der Waals surface area contributed by atoms with Crippen LogP contribution >= 0.6 is 0 Å². The van der Waals surface area contributed by atoms with Gasteiger partial charge in [0, 0.05) is 12.1 Å². The molecule has 2 aromatic heterocycles. The predicted octanol–water partition coefficient (Wildman–Crippen LogP) is 1.59. The molecule has 3 rings (SSSR count). The lowest BCUT2D eigenvalue weighted by Gasteiger charge is -2.02. The SMILES string of the molecule is Nc1ncnn2cc(O)c(-c3ccc([N+](=O)[O-])cc3)c12. The van der Waals surface area contributed by atoms with Crippen LogP contribution in [0.3, 0.4) is 0 Å². The van der Waals surface area contributed by atoms with Crippen molar-refractivity contribution in [2.75, 3.05) is 5.73 Å². The summed E-state index contributed by atoms with van der Waals surface area (Å²) >= 11 is 0. The zero-order chi connectivity index (χ0) is 14.3. The number of nitrogens with zero attached hydrogens (tertiary/aromatic N) is 4. The van der Waals surface area contributed by atoms with Crippen molar-refractivity contribution in [1.82, 2.24) is 14.6 Å². The van der Waals surface area contributed by atoms with Crippen molar-refractivity contribution in [3.8, 4) is 16.9 Å². The van der Waals surface area contributed by atoms with Gasteiger partial charge in [0.1, 0.15) is 17.6 Å². The molecular formula is C12H9N5O3. The average Bonchev–Trinajstić information content (AvgIpc) is 2.76. The van der Waals surface area contributed by atoms with Crippen LogP contribution in [0.4, 0.5) is 11.5 Å². The Kier molecular flexibility index (Phi) is 2.50. The fourth-order valence-corrected chi connectivity index (χ4v) is 2.06. The Hall–Kier alpha value is -3.16. The van der Waals surface area contributed by atoms with Crippen molar-refractivity contribution in [3.05, 3.63) is 46.9 Å². The highest BCUT2D eigenvalue weighted by Crippen LogP contribution is 2.36. The maximum atomic E-state index is 10.6. The lowest BCUT2D eigenvalue weighted by atomic mass is 10.1. The number of nitro groups is 1. The van der Waals surface area contributed by atoms with Gasteiger partial charge in [-0.3, -0.25) is 10.1 Å². The summed E-state index contributed by atoms with van der Waals surface area (Å²) in [7, 11) is 0. The summed E-state index contributed by atoms with van der Waals surface area (Å²) in [6, 6.07) is 5.80. The number of aromatic hydroxyl groups is 1. The van der Waals surface area contributed by atoms with Gasteiger partial charge in [0.2, 0.25) is 0 Å². The maximum absolute atomic E-state index is 10.6. The molecule has 0 unspecified atom stereocenters. The standard InChI is InChI=1S/C12H9N5O3/c13-12-11-10(9(18)5-16(11)15-6-14-12)7-1-3-8(4-2-7)17(19)20/h1-6,18H,(H2,13,14,15). The first kappa shape index (κ1) is 11.9. The minimum Gasteiger partial charge on any atom is -0.506 e. The van der Waals surface area contributed by atoms with Gasteiger partial charge in [0.15, 0.2) is 5.82 Å². The van der Waals surface area contributed by atoms with Gasteiger partial charge in [-0.2, -0.15) is 5.10 Å². The molecule has 20 heavy (non-hydrogen) atoms. The molecule has 0 aliphatic rings. The summed E-state index contributed by atoms with van der Waals surface area (Å²) in [5.74, 6) is 0.194. The Morgan fingerprint density at radius 2 is 2.00 bits per heavy atom. The van der Waals surface area contributed by atoms with Crippen LogP contribution < -0.4 is 5.73 Å². The van der Waals surface area contributed by atoms with E-state index in [4.69, 9.17) is 5.73 Å². The number of non-ortho nitro benzene ring substituents is 1. The molecule has 0 aliphatic carbocycles.